The van der Waals surface area contributed by atoms with Crippen molar-refractivity contribution in [1.29, 1.82) is 0 Å². The number of hydrogen-bond donors (Lipinski definition) is 1. The van der Waals surface area contributed by atoms with E-state index in [1.54, 1.807) is 6.26 Å². The summed E-state index contributed by atoms with van der Waals surface area (Å²) in [4.78, 5) is 2.44. The fourth-order valence-corrected chi connectivity index (χ4v) is 5.87. The Morgan fingerprint density at radius 2 is 1.84 bits per heavy atom. The van der Waals surface area contributed by atoms with Gasteiger partial charge in [0, 0.05) is 35.7 Å². The molecule has 0 bridgehead atoms. The lowest BCUT2D eigenvalue weighted by atomic mass is 9.67. The minimum atomic E-state index is -0.298. The Hall–Kier alpha value is -2.52. The molecule has 0 amide bonds. The van der Waals surface area contributed by atoms with E-state index in [-0.39, 0.29) is 11.5 Å². The van der Waals surface area contributed by atoms with Crippen LogP contribution in [0.1, 0.15) is 63.0 Å². The number of aliphatic hydroxyl groups excluding tert-OH is 1. The Balaban J connectivity index is 1.35. The summed E-state index contributed by atoms with van der Waals surface area (Å²) in [5, 5.41) is 12.8. The van der Waals surface area contributed by atoms with E-state index in [1.165, 1.54) is 36.0 Å². The summed E-state index contributed by atoms with van der Waals surface area (Å²) >= 11 is 0. The summed E-state index contributed by atoms with van der Waals surface area (Å²) < 4.78 is 5.77. The molecule has 0 spiro atoms. The number of rotatable bonds is 7. The summed E-state index contributed by atoms with van der Waals surface area (Å²) in [7, 11) is 0. The monoisotopic (exact) mass is 429 g/mol. The van der Waals surface area contributed by atoms with Gasteiger partial charge in [0.2, 0.25) is 0 Å². The van der Waals surface area contributed by atoms with Crippen LogP contribution in [0.25, 0.3) is 16.5 Å². The first-order valence-corrected chi connectivity index (χ1v) is 12.3. The van der Waals surface area contributed by atoms with Crippen molar-refractivity contribution in [2.45, 2.75) is 63.4 Å². The number of nitrogens with zero attached hydrogens (tertiary/aromatic N) is 1. The molecule has 2 aliphatic rings. The molecule has 1 N–H and O–H groups in total. The smallest absolute Gasteiger partial charge is 0.141 e. The molecular formula is C29H35NO2. The molecule has 1 aliphatic heterocycles. The molecule has 1 aliphatic carbocycles. The number of hydrogen-bond acceptors (Lipinski definition) is 3. The Kier molecular flexibility index (Phi) is 6.10. The maximum atomic E-state index is 11.6. The van der Waals surface area contributed by atoms with Crippen LogP contribution in [-0.4, -0.2) is 29.2 Å². The molecule has 2 aromatic carbocycles. The van der Waals surface area contributed by atoms with Crippen molar-refractivity contribution >= 4 is 16.5 Å². The number of para-hydroxylation sites is 1. The van der Waals surface area contributed by atoms with Gasteiger partial charge in [-0.1, -0.05) is 74.7 Å². The van der Waals surface area contributed by atoms with Gasteiger partial charge in [0.1, 0.15) is 5.58 Å². The summed E-state index contributed by atoms with van der Waals surface area (Å²) in [5.74, 6) is 0.412. The maximum absolute atomic E-state index is 11.6. The van der Waals surface area contributed by atoms with Crippen molar-refractivity contribution in [3.8, 4) is 0 Å². The molecule has 3 nitrogen and oxygen atoms in total. The number of furan rings is 1. The van der Waals surface area contributed by atoms with Crippen molar-refractivity contribution in [2.75, 3.05) is 13.1 Å². The fraction of sp³-hybridized carbons (Fsp3) is 0.448. The molecule has 168 valence electrons. The summed E-state index contributed by atoms with van der Waals surface area (Å²) in [6.07, 6.45) is 11.9. The SMILES string of the molecule is CC(CCN1C=C(c2cccc3ccoc23)CC1)(c1ccccc1)C(O)C1CCCCC1. The maximum Gasteiger partial charge on any atom is 0.141 e. The van der Waals surface area contributed by atoms with Crippen molar-refractivity contribution in [3.63, 3.8) is 0 Å². The van der Waals surface area contributed by atoms with Gasteiger partial charge in [-0.05, 0) is 48.8 Å². The van der Waals surface area contributed by atoms with E-state index in [9.17, 15) is 5.11 Å². The van der Waals surface area contributed by atoms with Gasteiger partial charge in [0.15, 0.2) is 0 Å². The van der Waals surface area contributed by atoms with E-state index in [0.29, 0.717) is 5.92 Å². The number of fused-ring (bicyclic) bond motifs is 1. The third-order valence-corrected chi connectivity index (χ3v) is 7.93. The van der Waals surface area contributed by atoms with Crippen LogP contribution in [0.2, 0.25) is 0 Å². The second-order valence-electron chi connectivity index (χ2n) is 9.96. The van der Waals surface area contributed by atoms with Crippen LogP contribution >= 0.6 is 0 Å². The molecule has 1 saturated carbocycles. The van der Waals surface area contributed by atoms with Gasteiger partial charge in [-0.15, -0.1) is 0 Å². The second kappa shape index (κ2) is 9.15. The van der Waals surface area contributed by atoms with Crippen molar-refractivity contribution in [1.82, 2.24) is 4.90 Å². The van der Waals surface area contributed by atoms with Crippen LogP contribution in [0.3, 0.4) is 0 Å². The molecule has 1 fully saturated rings. The zero-order chi connectivity index (χ0) is 22.0. The van der Waals surface area contributed by atoms with Gasteiger partial charge in [0.05, 0.1) is 12.4 Å². The van der Waals surface area contributed by atoms with Crippen LogP contribution < -0.4 is 0 Å². The highest BCUT2D eigenvalue weighted by Crippen LogP contribution is 2.40. The minimum absolute atomic E-state index is 0.235. The number of benzene rings is 2. The minimum Gasteiger partial charge on any atom is -0.464 e. The quantitative estimate of drug-likeness (QED) is 0.450. The predicted molar refractivity (Wildman–Crippen MR) is 131 cm³/mol. The summed E-state index contributed by atoms with van der Waals surface area (Å²) in [6.45, 7) is 4.26. The Labute approximate surface area is 191 Å². The molecule has 0 radical (unpaired) electrons. The molecule has 2 heterocycles. The van der Waals surface area contributed by atoms with Crippen molar-refractivity contribution in [3.05, 3.63) is 78.2 Å². The van der Waals surface area contributed by atoms with E-state index in [4.69, 9.17) is 4.42 Å². The van der Waals surface area contributed by atoms with E-state index in [0.717, 1.165) is 49.7 Å². The average molecular weight is 430 g/mol. The van der Waals surface area contributed by atoms with Gasteiger partial charge < -0.3 is 14.4 Å². The van der Waals surface area contributed by atoms with Crippen LogP contribution in [0.15, 0.2) is 71.5 Å². The highest BCUT2D eigenvalue weighted by molar-refractivity contribution is 5.90. The van der Waals surface area contributed by atoms with Crippen LogP contribution in [-0.2, 0) is 5.41 Å². The zero-order valence-electron chi connectivity index (χ0n) is 19.2. The zero-order valence-corrected chi connectivity index (χ0v) is 19.2. The van der Waals surface area contributed by atoms with E-state index in [2.05, 4.69) is 66.6 Å². The molecule has 5 rings (SSSR count). The first kappa shape index (κ1) is 21.3. The fourth-order valence-electron chi connectivity index (χ4n) is 5.87. The Morgan fingerprint density at radius 3 is 2.66 bits per heavy atom. The third kappa shape index (κ3) is 4.11. The van der Waals surface area contributed by atoms with Crippen LogP contribution in [0.4, 0.5) is 0 Å². The lowest BCUT2D eigenvalue weighted by Crippen LogP contribution is -2.44. The Bertz CT molecular complexity index is 1060. The third-order valence-electron chi connectivity index (χ3n) is 7.93. The molecule has 0 saturated heterocycles. The van der Waals surface area contributed by atoms with Gasteiger partial charge in [-0.25, -0.2) is 0 Å². The van der Waals surface area contributed by atoms with E-state index >= 15 is 0 Å². The summed E-state index contributed by atoms with van der Waals surface area (Å²) in [6, 6.07) is 19.1. The lowest BCUT2D eigenvalue weighted by Gasteiger charge is -2.41. The first-order valence-electron chi connectivity index (χ1n) is 12.3. The lowest BCUT2D eigenvalue weighted by molar-refractivity contribution is 0.0131. The molecular weight excluding hydrogens is 394 g/mol. The van der Waals surface area contributed by atoms with Crippen LogP contribution in [0, 0.1) is 5.92 Å². The van der Waals surface area contributed by atoms with Crippen LogP contribution in [0.5, 0.6) is 0 Å². The molecule has 2 unspecified atom stereocenters. The molecule has 1 aromatic heterocycles. The molecule has 2 atom stereocenters. The summed E-state index contributed by atoms with van der Waals surface area (Å²) in [5.41, 5.74) is 4.58. The van der Waals surface area contributed by atoms with Crippen molar-refractivity contribution in [2.24, 2.45) is 5.92 Å². The second-order valence-corrected chi connectivity index (χ2v) is 9.96. The highest BCUT2D eigenvalue weighted by atomic mass is 16.3. The van der Waals surface area contributed by atoms with Gasteiger partial charge in [0.25, 0.3) is 0 Å². The highest BCUT2D eigenvalue weighted by Gasteiger charge is 2.40. The number of aliphatic hydroxyl groups is 1. The van der Waals surface area contributed by atoms with E-state index in [1.807, 2.05) is 6.07 Å². The van der Waals surface area contributed by atoms with Gasteiger partial charge in [-0.3, -0.25) is 0 Å². The normalized spacial score (nSPS) is 20.3. The average Bonchev–Trinajstić information content (AvgIpc) is 3.53. The standard InChI is InChI=1S/C29H35NO2/c1-29(25-12-6-3-7-13-25,28(31)23-9-4-2-5-10-23)17-19-30-18-15-24(21-30)26-14-8-11-22-16-20-32-27(22)26/h3,6-8,11-14,16,20-21,23,28,31H,2,4-5,9-10,15,17-19H2,1H3. The molecule has 32 heavy (non-hydrogen) atoms. The molecule has 3 heteroatoms. The Morgan fingerprint density at radius 1 is 1.03 bits per heavy atom. The largest absolute Gasteiger partial charge is 0.464 e. The first-order chi connectivity index (χ1) is 15.6. The van der Waals surface area contributed by atoms with Gasteiger partial charge in [-0.2, -0.15) is 0 Å². The van der Waals surface area contributed by atoms with Crippen molar-refractivity contribution < 1.29 is 9.52 Å². The predicted octanol–water partition coefficient (Wildman–Crippen LogP) is 6.77. The van der Waals surface area contributed by atoms with E-state index < -0.39 is 0 Å². The topological polar surface area (TPSA) is 36.6 Å². The van der Waals surface area contributed by atoms with Gasteiger partial charge >= 0.3 is 0 Å². The molecule has 3 aromatic rings.